The zero-order valence-electron chi connectivity index (χ0n) is 16.1. The predicted octanol–water partition coefficient (Wildman–Crippen LogP) is 1.88. The molecule has 0 aromatic carbocycles. The molecule has 2 amide bonds. The van der Waals surface area contributed by atoms with E-state index < -0.39 is 5.97 Å². The highest BCUT2D eigenvalue weighted by Gasteiger charge is 2.36. The molecule has 1 atom stereocenters. The van der Waals surface area contributed by atoms with E-state index in [9.17, 15) is 9.59 Å². The first-order valence-corrected chi connectivity index (χ1v) is 9.73. The van der Waals surface area contributed by atoms with Crippen LogP contribution in [-0.4, -0.2) is 57.3 Å². The number of amides is 2. The first kappa shape index (κ1) is 19.6. The van der Waals surface area contributed by atoms with Crippen LogP contribution in [0, 0.1) is 5.92 Å². The maximum absolute atomic E-state index is 12.4. The normalized spacial score (nSPS) is 23.1. The molecular formula is C18H29N5O4. The largest absolute Gasteiger partial charge is 0.480 e. The van der Waals surface area contributed by atoms with E-state index >= 15 is 0 Å². The molecule has 1 heterocycles. The van der Waals surface area contributed by atoms with E-state index in [-0.39, 0.29) is 36.6 Å². The van der Waals surface area contributed by atoms with E-state index in [1.807, 2.05) is 25.7 Å². The number of hydrogen-bond acceptors (Lipinski definition) is 6. The molecule has 0 spiro atoms. The number of hydrogen-bond donors (Lipinski definition) is 3. The Morgan fingerprint density at radius 2 is 2.04 bits per heavy atom. The van der Waals surface area contributed by atoms with Gasteiger partial charge in [-0.2, -0.15) is 4.98 Å². The number of rotatable bonds is 9. The van der Waals surface area contributed by atoms with Gasteiger partial charge in [0.1, 0.15) is 6.04 Å². The first-order chi connectivity index (χ1) is 12.9. The lowest BCUT2D eigenvalue weighted by molar-refractivity contribution is -0.139. The molecule has 2 saturated carbocycles. The molecule has 27 heavy (non-hydrogen) atoms. The van der Waals surface area contributed by atoms with Gasteiger partial charge in [0.15, 0.2) is 5.82 Å². The Hall–Kier alpha value is -2.16. The number of nitrogens with zero attached hydrogens (tertiary/aromatic N) is 3. The summed E-state index contributed by atoms with van der Waals surface area (Å²) in [6, 6.07) is -0.339. The number of carboxylic acid groups (broad SMARTS) is 1. The van der Waals surface area contributed by atoms with Crippen LogP contribution in [0.15, 0.2) is 4.52 Å². The predicted molar refractivity (Wildman–Crippen MR) is 97.2 cm³/mol. The number of aliphatic carboxylic acids is 1. The molecule has 2 aliphatic carbocycles. The Bertz CT molecular complexity index is 666. The fourth-order valence-electron chi connectivity index (χ4n) is 3.44. The lowest BCUT2D eigenvalue weighted by atomic mass is 9.85. The van der Waals surface area contributed by atoms with E-state index in [1.165, 1.54) is 0 Å². The zero-order chi connectivity index (χ0) is 19.6. The summed E-state index contributed by atoms with van der Waals surface area (Å²) in [4.78, 5) is 29.7. The van der Waals surface area contributed by atoms with Crippen LogP contribution in [0.3, 0.4) is 0 Å². The molecule has 150 valence electrons. The Balaban J connectivity index is 1.48. The van der Waals surface area contributed by atoms with Gasteiger partial charge < -0.3 is 20.3 Å². The van der Waals surface area contributed by atoms with E-state index in [1.54, 1.807) is 0 Å². The van der Waals surface area contributed by atoms with Crippen LogP contribution in [0.5, 0.6) is 0 Å². The van der Waals surface area contributed by atoms with Gasteiger partial charge in [0, 0.05) is 18.0 Å². The quantitative estimate of drug-likeness (QED) is 0.599. The second kappa shape index (κ2) is 8.24. The Morgan fingerprint density at radius 1 is 1.33 bits per heavy atom. The Kier molecular flexibility index (Phi) is 5.98. The summed E-state index contributed by atoms with van der Waals surface area (Å²) < 4.78 is 5.37. The third-order valence-electron chi connectivity index (χ3n) is 5.33. The van der Waals surface area contributed by atoms with Crippen LogP contribution in [-0.2, 0) is 4.79 Å². The van der Waals surface area contributed by atoms with Crippen molar-refractivity contribution in [3.8, 4) is 0 Å². The highest BCUT2D eigenvalue weighted by Crippen LogP contribution is 2.38. The van der Waals surface area contributed by atoms with Crippen molar-refractivity contribution in [2.24, 2.45) is 5.92 Å². The summed E-state index contributed by atoms with van der Waals surface area (Å²) >= 11 is 0. The van der Waals surface area contributed by atoms with Gasteiger partial charge in [0.05, 0.1) is 6.54 Å². The maximum Gasteiger partial charge on any atom is 0.317 e. The fraction of sp³-hybridized carbons (Fsp3) is 0.778. The molecule has 3 N–H and O–H groups in total. The van der Waals surface area contributed by atoms with Crippen molar-refractivity contribution in [2.45, 2.75) is 70.5 Å². The van der Waals surface area contributed by atoms with Crippen molar-refractivity contribution in [1.82, 2.24) is 25.7 Å². The molecule has 1 aromatic heterocycles. The second-order valence-electron chi connectivity index (χ2n) is 7.88. The van der Waals surface area contributed by atoms with Gasteiger partial charge in [-0.05, 0) is 38.1 Å². The number of aromatic nitrogens is 2. The van der Waals surface area contributed by atoms with E-state index in [2.05, 4.69) is 20.8 Å². The molecule has 0 radical (unpaired) electrons. The SMILES string of the molecule is CCN(CC(=O)O)C1CC(NC(=O)NC(c2nc(C3CC3)no2)C(C)C)C1. The molecule has 2 fully saturated rings. The molecule has 1 unspecified atom stereocenters. The summed E-state index contributed by atoms with van der Waals surface area (Å²) in [5, 5.41) is 18.9. The summed E-state index contributed by atoms with van der Waals surface area (Å²) in [7, 11) is 0. The number of carboxylic acids is 1. The average molecular weight is 379 g/mol. The third kappa shape index (κ3) is 4.97. The van der Waals surface area contributed by atoms with Gasteiger partial charge in [-0.25, -0.2) is 4.79 Å². The van der Waals surface area contributed by atoms with E-state index in [0.29, 0.717) is 18.4 Å². The van der Waals surface area contributed by atoms with Crippen LogP contribution in [0.4, 0.5) is 4.79 Å². The zero-order valence-corrected chi connectivity index (χ0v) is 16.1. The van der Waals surface area contributed by atoms with Crippen LogP contribution < -0.4 is 10.6 Å². The minimum absolute atomic E-state index is 0.0377. The molecule has 0 aliphatic heterocycles. The van der Waals surface area contributed by atoms with Crippen molar-refractivity contribution in [1.29, 1.82) is 0 Å². The molecule has 9 nitrogen and oxygen atoms in total. The summed E-state index contributed by atoms with van der Waals surface area (Å²) in [6.45, 7) is 6.67. The van der Waals surface area contributed by atoms with Gasteiger partial charge in [0.25, 0.3) is 0 Å². The molecular weight excluding hydrogens is 350 g/mol. The summed E-state index contributed by atoms with van der Waals surface area (Å²) in [6.07, 6.45) is 3.71. The van der Waals surface area contributed by atoms with Gasteiger partial charge in [-0.3, -0.25) is 9.69 Å². The maximum atomic E-state index is 12.4. The monoisotopic (exact) mass is 379 g/mol. The van der Waals surface area contributed by atoms with Gasteiger partial charge in [-0.15, -0.1) is 0 Å². The number of likely N-dealkylation sites (N-methyl/N-ethyl adjacent to an activating group) is 1. The first-order valence-electron chi connectivity index (χ1n) is 9.73. The molecule has 1 aromatic rings. The highest BCUT2D eigenvalue weighted by atomic mass is 16.5. The van der Waals surface area contributed by atoms with Crippen molar-refractivity contribution >= 4 is 12.0 Å². The molecule has 2 aliphatic rings. The van der Waals surface area contributed by atoms with Crippen molar-refractivity contribution in [2.75, 3.05) is 13.1 Å². The van der Waals surface area contributed by atoms with E-state index in [4.69, 9.17) is 9.63 Å². The Morgan fingerprint density at radius 3 is 2.59 bits per heavy atom. The minimum atomic E-state index is -0.823. The number of carbonyl (C=O) groups is 2. The standard InChI is InChI=1S/C18H29N5O4/c1-4-23(9-14(24)25)13-7-12(8-13)19-18(26)20-15(10(2)3)17-21-16(22-27-17)11-5-6-11/h10-13,15H,4-9H2,1-3H3,(H,24,25)(H2,19,20,26). The highest BCUT2D eigenvalue weighted by molar-refractivity contribution is 5.74. The molecule has 9 heteroatoms. The van der Waals surface area contributed by atoms with Crippen molar-refractivity contribution in [3.05, 3.63) is 11.7 Å². The van der Waals surface area contributed by atoms with Crippen LogP contribution in [0.25, 0.3) is 0 Å². The average Bonchev–Trinajstić information content (AvgIpc) is 3.31. The number of carbonyl (C=O) groups excluding carboxylic acids is 1. The topological polar surface area (TPSA) is 121 Å². The minimum Gasteiger partial charge on any atom is -0.480 e. The van der Waals surface area contributed by atoms with E-state index in [0.717, 1.165) is 31.5 Å². The second-order valence-corrected chi connectivity index (χ2v) is 7.88. The third-order valence-corrected chi connectivity index (χ3v) is 5.33. The summed E-state index contributed by atoms with van der Waals surface area (Å²) in [5.74, 6) is 0.882. The molecule has 0 saturated heterocycles. The van der Waals surface area contributed by atoms with Crippen LogP contribution in [0.2, 0.25) is 0 Å². The van der Waals surface area contributed by atoms with Crippen LogP contribution >= 0.6 is 0 Å². The number of nitrogens with one attached hydrogen (secondary N) is 2. The van der Waals surface area contributed by atoms with Gasteiger partial charge in [-0.1, -0.05) is 25.9 Å². The Labute approximate surface area is 158 Å². The smallest absolute Gasteiger partial charge is 0.317 e. The van der Waals surface area contributed by atoms with Crippen molar-refractivity contribution < 1.29 is 19.2 Å². The van der Waals surface area contributed by atoms with Gasteiger partial charge in [0.2, 0.25) is 5.89 Å². The fourth-order valence-corrected chi connectivity index (χ4v) is 3.44. The van der Waals surface area contributed by atoms with Crippen molar-refractivity contribution in [3.63, 3.8) is 0 Å². The van der Waals surface area contributed by atoms with Gasteiger partial charge >= 0.3 is 12.0 Å². The lowest BCUT2D eigenvalue weighted by Crippen LogP contribution is -2.56. The van der Waals surface area contributed by atoms with Crippen LogP contribution in [0.1, 0.15) is 70.1 Å². The number of urea groups is 1. The molecule has 0 bridgehead atoms. The molecule has 3 rings (SSSR count). The lowest BCUT2D eigenvalue weighted by Gasteiger charge is -2.42. The summed E-state index contributed by atoms with van der Waals surface area (Å²) in [5.41, 5.74) is 0.